The van der Waals surface area contributed by atoms with E-state index < -0.39 is 0 Å². The van der Waals surface area contributed by atoms with Gasteiger partial charge in [0.25, 0.3) is 0 Å². The van der Waals surface area contributed by atoms with Crippen LogP contribution in [0.5, 0.6) is 11.5 Å². The normalized spacial score (nSPS) is 15.0. The molecule has 1 aliphatic rings. The topological polar surface area (TPSA) is 90.6 Å². The Hall–Kier alpha value is -3.61. The number of rotatable bonds is 5. The monoisotopic (exact) mass is 462 g/mol. The first-order chi connectivity index (χ1) is 16.3. The number of carbonyl (C=O) groups is 1. The van der Waals surface area contributed by atoms with Gasteiger partial charge in [-0.15, -0.1) is 0 Å². The van der Waals surface area contributed by atoms with Crippen molar-refractivity contribution < 1.29 is 14.3 Å². The van der Waals surface area contributed by atoms with Crippen molar-refractivity contribution in [1.29, 1.82) is 0 Å². The van der Waals surface area contributed by atoms with E-state index in [2.05, 4.69) is 29.5 Å². The Balaban J connectivity index is 0.000000248. The third-order valence-corrected chi connectivity index (χ3v) is 6.43. The number of nitrogens with two attached hydrogens (primary N) is 1. The lowest BCUT2D eigenvalue weighted by atomic mass is 9.93. The molecular weight excluding hydrogens is 428 g/mol. The molecule has 34 heavy (non-hydrogen) atoms. The molecule has 1 atom stereocenters. The average Bonchev–Trinajstić information content (AvgIpc) is 3.34. The number of amides is 1. The smallest absolute Gasteiger partial charge is 0.245 e. The fraction of sp³-hybridized carbons (Fsp3) is 0.370. The van der Waals surface area contributed by atoms with Crippen LogP contribution in [0.2, 0.25) is 0 Å². The van der Waals surface area contributed by atoms with Gasteiger partial charge in [0.2, 0.25) is 11.9 Å². The van der Waals surface area contributed by atoms with Gasteiger partial charge in [-0.25, -0.2) is 9.97 Å². The van der Waals surface area contributed by atoms with Crippen LogP contribution in [0.15, 0.2) is 43.1 Å². The van der Waals surface area contributed by atoms with E-state index in [1.165, 1.54) is 12.5 Å². The molecule has 0 bridgehead atoms. The van der Waals surface area contributed by atoms with Gasteiger partial charge in [0.05, 0.1) is 19.7 Å². The highest BCUT2D eigenvalue weighted by Crippen LogP contribution is 2.39. The molecule has 1 fully saturated rings. The molecule has 0 radical (unpaired) electrons. The van der Waals surface area contributed by atoms with E-state index in [-0.39, 0.29) is 11.9 Å². The summed E-state index contributed by atoms with van der Waals surface area (Å²) in [5.41, 5.74) is 10.8. The van der Waals surface area contributed by atoms with Crippen molar-refractivity contribution in [2.24, 2.45) is 5.92 Å². The number of hydrogen-bond donors (Lipinski definition) is 1. The van der Waals surface area contributed by atoms with Gasteiger partial charge in [-0.3, -0.25) is 4.79 Å². The number of ether oxygens (including phenoxy) is 2. The number of carbonyl (C=O) groups excluding carboxylic acids is 1. The van der Waals surface area contributed by atoms with Crippen molar-refractivity contribution in [3.05, 3.63) is 54.2 Å². The zero-order valence-corrected chi connectivity index (χ0v) is 20.7. The van der Waals surface area contributed by atoms with Gasteiger partial charge in [0.1, 0.15) is 11.5 Å². The quantitative estimate of drug-likeness (QED) is 0.540. The summed E-state index contributed by atoms with van der Waals surface area (Å²) in [6.07, 6.45) is 5.48. The van der Waals surface area contributed by atoms with Crippen LogP contribution < -0.4 is 15.2 Å². The lowest BCUT2D eigenvalue weighted by molar-refractivity contribution is -0.125. The van der Waals surface area contributed by atoms with Crippen LogP contribution in [0, 0.1) is 19.8 Å². The van der Waals surface area contributed by atoms with Crippen LogP contribution in [-0.4, -0.2) is 48.1 Å². The number of anilines is 1. The minimum absolute atomic E-state index is 0.0842. The molecule has 0 saturated carbocycles. The predicted octanol–water partition coefficient (Wildman–Crippen LogP) is 4.94. The Morgan fingerprint density at radius 2 is 1.88 bits per heavy atom. The third-order valence-electron chi connectivity index (χ3n) is 6.43. The maximum absolute atomic E-state index is 11.1. The molecule has 3 aromatic rings. The summed E-state index contributed by atoms with van der Waals surface area (Å²) in [6, 6.07) is 7.96. The van der Waals surface area contributed by atoms with Crippen LogP contribution in [-0.2, 0) is 4.79 Å². The Bertz CT molecular complexity index is 1160. The van der Waals surface area contributed by atoms with E-state index in [0.717, 1.165) is 70.1 Å². The summed E-state index contributed by atoms with van der Waals surface area (Å²) in [7, 11) is 3.33. The van der Waals surface area contributed by atoms with Crippen LogP contribution >= 0.6 is 0 Å². The first-order valence-electron chi connectivity index (χ1n) is 11.5. The fourth-order valence-electron chi connectivity index (χ4n) is 4.42. The summed E-state index contributed by atoms with van der Waals surface area (Å²) >= 11 is 0. The zero-order chi connectivity index (χ0) is 24.8. The molecule has 1 amide bonds. The van der Waals surface area contributed by atoms with E-state index in [9.17, 15) is 4.79 Å². The molecule has 7 nitrogen and oxygen atoms in total. The van der Waals surface area contributed by atoms with Crippen molar-refractivity contribution in [2.75, 3.05) is 33.0 Å². The second-order valence-corrected chi connectivity index (χ2v) is 8.46. The number of likely N-dealkylation sites (tertiary alicyclic amines) is 1. The van der Waals surface area contributed by atoms with Gasteiger partial charge in [-0.2, -0.15) is 0 Å². The van der Waals surface area contributed by atoms with E-state index in [1.807, 2.05) is 36.9 Å². The molecule has 7 heteroatoms. The molecule has 0 aliphatic carbocycles. The molecule has 1 aromatic heterocycles. The van der Waals surface area contributed by atoms with Crippen LogP contribution in [0.25, 0.3) is 22.0 Å². The van der Waals surface area contributed by atoms with Gasteiger partial charge in [-0.1, -0.05) is 26.0 Å². The molecule has 2 heterocycles. The van der Waals surface area contributed by atoms with Gasteiger partial charge in [0.15, 0.2) is 0 Å². The van der Waals surface area contributed by atoms with Crippen molar-refractivity contribution in [1.82, 2.24) is 14.9 Å². The highest BCUT2D eigenvalue weighted by atomic mass is 16.5. The van der Waals surface area contributed by atoms with E-state index in [4.69, 9.17) is 15.2 Å². The number of methoxy groups -OCH3 is 2. The lowest BCUT2D eigenvalue weighted by Crippen LogP contribution is -2.26. The second kappa shape index (κ2) is 11.0. The number of nitrogen functional groups attached to an aromatic ring is 1. The number of fused-ring (bicyclic) bond motifs is 1. The standard InChI is InChI=1S/C18H19N3O2.C9H15NO/c1-10-15(22-3)8-16(23-4)11(2)17(10)12-5-6-14-13(7-12)9-20-18(19)21-14;1-3-8-5-6-10(7-8)9(11)4-2/h5-9H,1-4H3,(H2,19,20,21);4,8H,2-3,5-7H2,1H3. The van der Waals surface area contributed by atoms with Gasteiger partial charge < -0.3 is 20.1 Å². The summed E-state index contributed by atoms with van der Waals surface area (Å²) in [4.78, 5) is 21.3. The minimum atomic E-state index is 0.0842. The number of aromatic nitrogens is 2. The Morgan fingerprint density at radius 3 is 2.44 bits per heavy atom. The molecule has 4 rings (SSSR count). The summed E-state index contributed by atoms with van der Waals surface area (Å²) < 4.78 is 11.0. The van der Waals surface area contributed by atoms with Gasteiger partial charge in [-0.05, 0) is 66.6 Å². The molecule has 1 aliphatic heterocycles. The van der Waals surface area contributed by atoms with Crippen molar-refractivity contribution in [3.8, 4) is 22.6 Å². The van der Waals surface area contributed by atoms with Gasteiger partial charge in [0, 0.05) is 30.7 Å². The first kappa shape index (κ1) is 25.0. The number of hydrogen-bond acceptors (Lipinski definition) is 6. The first-order valence-corrected chi connectivity index (χ1v) is 11.5. The lowest BCUT2D eigenvalue weighted by Gasteiger charge is -2.17. The minimum Gasteiger partial charge on any atom is -0.496 e. The zero-order valence-electron chi connectivity index (χ0n) is 20.7. The van der Waals surface area contributed by atoms with E-state index in [0.29, 0.717) is 0 Å². The summed E-state index contributed by atoms with van der Waals surface area (Å²) in [6.45, 7) is 11.6. The summed E-state index contributed by atoms with van der Waals surface area (Å²) in [5, 5.41) is 0.942. The fourth-order valence-corrected chi connectivity index (χ4v) is 4.42. The average molecular weight is 463 g/mol. The van der Waals surface area contributed by atoms with Crippen LogP contribution in [0.4, 0.5) is 5.95 Å². The molecular formula is C27H34N4O3. The molecule has 180 valence electrons. The van der Waals surface area contributed by atoms with Crippen LogP contribution in [0.1, 0.15) is 30.9 Å². The molecule has 1 unspecified atom stereocenters. The number of benzene rings is 2. The largest absolute Gasteiger partial charge is 0.496 e. The van der Waals surface area contributed by atoms with Crippen LogP contribution in [0.3, 0.4) is 0 Å². The SMILES string of the molecule is C=CC(=O)N1CCC(CC)C1.COc1cc(OC)c(C)c(-c2ccc3nc(N)ncc3c2)c1C. The second-order valence-electron chi connectivity index (χ2n) is 8.46. The summed E-state index contributed by atoms with van der Waals surface area (Å²) in [5.74, 6) is 2.69. The Labute approximate surface area is 201 Å². The maximum atomic E-state index is 11.1. The van der Waals surface area contributed by atoms with Crippen molar-refractivity contribution in [2.45, 2.75) is 33.6 Å². The van der Waals surface area contributed by atoms with Crippen molar-refractivity contribution in [3.63, 3.8) is 0 Å². The highest BCUT2D eigenvalue weighted by Gasteiger charge is 2.22. The predicted molar refractivity (Wildman–Crippen MR) is 137 cm³/mol. The Morgan fingerprint density at radius 1 is 1.21 bits per heavy atom. The highest BCUT2D eigenvalue weighted by molar-refractivity contribution is 5.87. The molecule has 1 saturated heterocycles. The third kappa shape index (κ3) is 5.30. The Kier molecular flexibility index (Phi) is 8.10. The molecule has 2 aromatic carbocycles. The van der Waals surface area contributed by atoms with Gasteiger partial charge >= 0.3 is 0 Å². The molecule has 2 N–H and O–H groups in total. The maximum Gasteiger partial charge on any atom is 0.245 e. The molecule has 0 spiro atoms. The van der Waals surface area contributed by atoms with E-state index in [1.54, 1.807) is 20.4 Å². The number of nitrogens with zero attached hydrogens (tertiary/aromatic N) is 3. The van der Waals surface area contributed by atoms with Crippen molar-refractivity contribution >= 4 is 22.8 Å². The van der Waals surface area contributed by atoms with E-state index >= 15 is 0 Å².